The van der Waals surface area contributed by atoms with Crippen molar-refractivity contribution in [2.24, 2.45) is 17.3 Å². The van der Waals surface area contributed by atoms with E-state index in [2.05, 4.69) is 51.2 Å². The summed E-state index contributed by atoms with van der Waals surface area (Å²) in [6.45, 7) is 10.2. The first-order valence-corrected chi connectivity index (χ1v) is 7.88. The molecule has 0 fully saturated rings. The van der Waals surface area contributed by atoms with Gasteiger partial charge in [0.15, 0.2) is 0 Å². The highest BCUT2D eigenvalue weighted by atomic mass is 16.5. The number of carbonyl (C=O) groups is 1. The molecule has 1 heterocycles. The predicted molar refractivity (Wildman–Crippen MR) is 85.6 cm³/mol. The number of nitrogens with one attached hydrogen (secondary N) is 1. The summed E-state index contributed by atoms with van der Waals surface area (Å²) in [6, 6.07) is 0. The van der Waals surface area contributed by atoms with Crippen molar-refractivity contribution >= 4 is 5.97 Å². The fourth-order valence-electron chi connectivity index (χ4n) is 2.74. The number of carbonyl (C=O) groups excluding carboxylic acids is 1. The van der Waals surface area contributed by atoms with Gasteiger partial charge in [-0.1, -0.05) is 51.5 Å². The lowest BCUT2D eigenvalue weighted by Crippen LogP contribution is -2.28. The van der Waals surface area contributed by atoms with Crippen molar-refractivity contribution in [1.82, 2.24) is 5.32 Å². The first-order chi connectivity index (χ1) is 9.89. The third kappa shape index (κ3) is 4.57. The van der Waals surface area contributed by atoms with Gasteiger partial charge in [-0.3, -0.25) is 4.79 Å². The third-order valence-corrected chi connectivity index (χ3v) is 3.93. The Hall–Kier alpha value is -1.35. The standard InChI is InChI=1S/C18H27NO2/c1-5-13-7-6-8-14(9-13)16-10-15(21-17(16)20)11-19-12-18(2,3)4/h6-8,10,14,16,19H,5,9,11-12H2,1-4H3. The Labute approximate surface area is 128 Å². The summed E-state index contributed by atoms with van der Waals surface area (Å²) < 4.78 is 5.42. The topological polar surface area (TPSA) is 38.3 Å². The molecule has 1 aliphatic carbocycles. The van der Waals surface area contributed by atoms with Crippen LogP contribution >= 0.6 is 0 Å². The van der Waals surface area contributed by atoms with E-state index in [-0.39, 0.29) is 23.2 Å². The van der Waals surface area contributed by atoms with E-state index in [1.165, 1.54) is 5.57 Å². The van der Waals surface area contributed by atoms with Gasteiger partial charge >= 0.3 is 5.97 Å². The Morgan fingerprint density at radius 3 is 2.81 bits per heavy atom. The number of hydrogen-bond acceptors (Lipinski definition) is 3. The maximum absolute atomic E-state index is 12.1. The molecule has 0 aromatic rings. The fourth-order valence-corrected chi connectivity index (χ4v) is 2.74. The van der Waals surface area contributed by atoms with Gasteiger partial charge in [-0.2, -0.15) is 0 Å². The molecule has 2 unspecified atom stereocenters. The zero-order valence-electron chi connectivity index (χ0n) is 13.6. The van der Waals surface area contributed by atoms with Crippen molar-refractivity contribution in [3.05, 3.63) is 35.6 Å². The molecule has 0 radical (unpaired) electrons. The maximum Gasteiger partial charge on any atom is 0.318 e. The zero-order valence-corrected chi connectivity index (χ0v) is 13.6. The SMILES string of the molecule is CCC1=CC=CC(C2C=C(CNCC(C)(C)C)OC2=O)C1. The van der Waals surface area contributed by atoms with Crippen LogP contribution in [-0.4, -0.2) is 19.1 Å². The summed E-state index contributed by atoms with van der Waals surface area (Å²) >= 11 is 0. The normalized spacial score (nSPS) is 25.6. The Morgan fingerprint density at radius 2 is 2.14 bits per heavy atom. The number of hydrogen-bond donors (Lipinski definition) is 1. The average molecular weight is 289 g/mol. The van der Waals surface area contributed by atoms with E-state index in [1.807, 2.05) is 6.08 Å². The molecule has 2 rings (SSSR count). The summed E-state index contributed by atoms with van der Waals surface area (Å²) in [4.78, 5) is 12.1. The van der Waals surface area contributed by atoms with Crippen LogP contribution in [0, 0.1) is 17.3 Å². The van der Waals surface area contributed by atoms with E-state index in [4.69, 9.17) is 4.74 Å². The van der Waals surface area contributed by atoms with Crippen LogP contribution in [0.25, 0.3) is 0 Å². The summed E-state index contributed by atoms with van der Waals surface area (Å²) in [5.74, 6) is 0.797. The van der Waals surface area contributed by atoms with Gasteiger partial charge in [0.25, 0.3) is 0 Å². The molecule has 2 aliphatic rings. The van der Waals surface area contributed by atoms with E-state index in [0.29, 0.717) is 6.54 Å². The van der Waals surface area contributed by atoms with Gasteiger partial charge in [-0.15, -0.1) is 0 Å². The molecule has 0 amide bonds. The highest BCUT2D eigenvalue weighted by Crippen LogP contribution is 2.33. The summed E-state index contributed by atoms with van der Waals surface area (Å²) in [5, 5.41) is 3.36. The average Bonchev–Trinajstić information content (AvgIpc) is 2.78. The predicted octanol–water partition coefficient (Wildman–Crippen LogP) is 3.59. The molecule has 3 nitrogen and oxygen atoms in total. The fraction of sp³-hybridized carbons (Fsp3) is 0.611. The molecule has 2 atom stereocenters. The van der Waals surface area contributed by atoms with Crippen LogP contribution in [0.15, 0.2) is 35.6 Å². The summed E-state index contributed by atoms with van der Waals surface area (Å²) in [6.07, 6.45) is 10.4. The van der Waals surface area contributed by atoms with E-state index in [0.717, 1.165) is 25.1 Å². The lowest BCUT2D eigenvalue weighted by atomic mass is 9.83. The number of esters is 1. The number of allylic oxidation sites excluding steroid dienone is 4. The Morgan fingerprint density at radius 1 is 1.38 bits per heavy atom. The first-order valence-electron chi connectivity index (χ1n) is 7.88. The number of ether oxygens (including phenoxy) is 1. The highest BCUT2D eigenvalue weighted by Gasteiger charge is 2.33. The van der Waals surface area contributed by atoms with Gasteiger partial charge in [0.1, 0.15) is 5.76 Å². The minimum atomic E-state index is -0.122. The van der Waals surface area contributed by atoms with E-state index < -0.39 is 0 Å². The molecule has 3 heteroatoms. The lowest BCUT2D eigenvalue weighted by molar-refractivity contribution is -0.141. The molecule has 0 spiro atoms. The van der Waals surface area contributed by atoms with Crippen LogP contribution in [0.5, 0.6) is 0 Å². The van der Waals surface area contributed by atoms with Crippen molar-refractivity contribution in [3.8, 4) is 0 Å². The molecule has 21 heavy (non-hydrogen) atoms. The lowest BCUT2D eigenvalue weighted by Gasteiger charge is -2.20. The maximum atomic E-state index is 12.1. The van der Waals surface area contributed by atoms with Crippen LogP contribution in [-0.2, 0) is 9.53 Å². The van der Waals surface area contributed by atoms with Crippen LogP contribution in [0.3, 0.4) is 0 Å². The smallest absolute Gasteiger partial charge is 0.318 e. The minimum Gasteiger partial charge on any atom is -0.430 e. The van der Waals surface area contributed by atoms with Gasteiger partial charge in [0.05, 0.1) is 12.5 Å². The van der Waals surface area contributed by atoms with Crippen molar-refractivity contribution in [2.45, 2.75) is 40.5 Å². The van der Waals surface area contributed by atoms with Crippen molar-refractivity contribution < 1.29 is 9.53 Å². The van der Waals surface area contributed by atoms with Gasteiger partial charge in [-0.05, 0) is 30.3 Å². The largest absolute Gasteiger partial charge is 0.430 e. The van der Waals surface area contributed by atoms with Gasteiger partial charge in [0.2, 0.25) is 0 Å². The molecule has 0 bridgehead atoms. The van der Waals surface area contributed by atoms with Gasteiger partial charge in [-0.25, -0.2) is 0 Å². The molecule has 0 saturated heterocycles. The van der Waals surface area contributed by atoms with Gasteiger partial charge < -0.3 is 10.1 Å². The van der Waals surface area contributed by atoms with Crippen LogP contribution in [0.4, 0.5) is 0 Å². The monoisotopic (exact) mass is 289 g/mol. The second kappa shape index (κ2) is 6.61. The van der Waals surface area contributed by atoms with Crippen molar-refractivity contribution in [2.75, 3.05) is 13.1 Å². The molecule has 0 aromatic carbocycles. The molecule has 1 N–H and O–H groups in total. The molecule has 1 aliphatic heterocycles. The van der Waals surface area contributed by atoms with E-state index in [1.54, 1.807) is 0 Å². The minimum absolute atomic E-state index is 0.102. The molecular weight excluding hydrogens is 262 g/mol. The Balaban J connectivity index is 1.91. The molecule has 0 saturated carbocycles. The van der Waals surface area contributed by atoms with Crippen LogP contribution in [0.2, 0.25) is 0 Å². The van der Waals surface area contributed by atoms with Gasteiger partial charge in [0, 0.05) is 6.54 Å². The van der Waals surface area contributed by atoms with E-state index >= 15 is 0 Å². The van der Waals surface area contributed by atoms with Crippen LogP contribution in [0.1, 0.15) is 40.5 Å². The van der Waals surface area contributed by atoms with Crippen LogP contribution < -0.4 is 5.32 Å². The summed E-state index contributed by atoms with van der Waals surface area (Å²) in [7, 11) is 0. The molecule has 0 aromatic heterocycles. The third-order valence-electron chi connectivity index (χ3n) is 3.93. The molecule has 116 valence electrons. The molecular formula is C18H27NO2. The quantitative estimate of drug-likeness (QED) is 0.786. The van der Waals surface area contributed by atoms with E-state index in [9.17, 15) is 4.79 Å². The highest BCUT2D eigenvalue weighted by molar-refractivity contribution is 5.79. The number of rotatable bonds is 5. The Bertz CT molecular complexity index is 480. The second-order valence-corrected chi connectivity index (χ2v) is 7.18. The van der Waals surface area contributed by atoms with Crippen molar-refractivity contribution in [3.63, 3.8) is 0 Å². The van der Waals surface area contributed by atoms with Crippen molar-refractivity contribution in [1.29, 1.82) is 0 Å². The second-order valence-electron chi connectivity index (χ2n) is 7.18. The Kier molecular flexibility index (Phi) is 5.04. The first kappa shape index (κ1) is 16.0. The summed E-state index contributed by atoms with van der Waals surface area (Å²) in [5.41, 5.74) is 1.64. The zero-order chi connectivity index (χ0) is 15.5. The number of cyclic esters (lactones) is 1.